The van der Waals surface area contributed by atoms with Gasteiger partial charge in [-0.3, -0.25) is 5.43 Å². The van der Waals surface area contributed by atoms with E-state index in [2.05, 4.69) is 15.8 Å². The molecule has 1 rings (SSSR count). The Labute approximate surface area is 71.2 Å². The Bertz CT molecular complexity index is 154. The number of alkyl halides is 1. The molecule has 0 bridgehead atoms. The highest BCUT2D eigenvalue weighted by molar-refractivity contribution is 4.76. The standard InChI is InChI=1S/C7H14FN3O/c1-9-11-10-7-3-2-4-12-5-6(7)8/h6-7H,2-5H2,1H3,(H,9,10). The first-order valence-corrected chi connectivity index (χ1v) is 4.10. The molecule has 1 aliphatic heterocycles. The van der Waals surface area contributed by atoms with Crippen LogP contribution in [0.25, 0.3) is 0 Å². The highest BCUT2D eigenvalue weighted by Gasteiger charge is 2.23. The molecule has 0 saturated carbocycles. The van der Waals surface area contributed by atoms with E-state index >= 15 is 0 Å². The Morgan fingerprint density at radius 2 is 2.42 bits per heavy atom. The van der Waals surface area contributed by atoms with Crippen molar-refractivity contribution in [3.63, 3.8) is 0 Å². The summed E-state index contributed by atoms with van der Waals surface area (Å²) < 4.78 is 18.2. The van der Waals surface area contributed by atoms with Crippen LogP contribution in [-0.4, -0.2) is 32.5 Å². The molecule has 0 amide bonds. The summed E-state index contributed by atoms with van der Waals surface area (Å²) in [4.78, 5) is 0. The van der Waals surface area contributed by atoms with E-state index in [-0.39, 0.29) is 12.6 Å². The molecule has 1 N–H and O–H groups in total. The summed E-state index contributed by atoms with van der Waals surface area (Å²) in [5.74, 6) is 0. The maximum absolute atomic E-state index is 13.1. The van der Waals surface area contributed by atoms with Crippen LogP contribution < -0.4 is 5.43 Å². The second-order valence-corrected chi connectivity index (χ2v) is 2.77. The summed E-state index contributed by atoms with van der Waals surface area (Å²) in [5.41, 5.74) is 2.66. The Balaban J connectivity index is 2.36. The van der Waals surface area contributed by atoms with E-state index in [9.17, 15) is 4.39 Å². The van der Waals surface area contributed by atoms with Gasteiger partial charge in [0.15, 0.2) is 0 Å². The first-order chi connectivity index (χ1) is 5.84. The fourth-order valence-corrected chi connectivity index (χ4v) is 1.18. The van der Waals surface area contributed by atoms with Crippen LogP contribution in [0, 0.1) is 0 Å². The Kier molecular flexibility index (Phi) is 3.93. The summed E-state index contributed by atoms with van der Waals surface area (Å²) >= 11 is 0. The topological polar surface area (TPSA) is 46.0 Å². The number of ether oxygens (including phenoxy) is 1. The van der Waals surface area contributed by atoms with Crippen LogP contribution in [0.5, 0.6) is 0 Å². The monoisotopic (exact) mass is 175 g/mol. The van der Waals surface area contributed by atoms with E-state index in [1.165, 1.54) is 0 Å². The molecule has 0 radical (unpaired) electrons. The average Bonchev–Trinajstić information content (AvgIpc) is 2.27. The summed E-state index contributed by atoms with van der Waals surface area (Å²) in [7, 11) is 1.55. The molecule has 1 aliphatic rings. The number of hydrogen-bond donors (Lipinski definition) is 1. The van der Waals surface area contributed by atoms with Gasteiger partial charge in [0.2, 0.25) is 0 Å². The summed E-state index contributed by atoms with van der Waals surface area (Å²) in [5, 5.41) is 7.07. The molecule has 0 spiro atoms. The first-order valence-electron chi connectivity index (χ1n) is 4.10. The molecule has 0 aromatic rings. The molecule has 70 valence electrons. The third-order valence-corrected chi connectivity index (χ3v) is 1.84. The van der Waals surface area contributed by atoms with Crippen molar-refractivity contribution in [2.45, 2.75) is 25.1 Å². The van der Waals surface area contributed by atoms with E-state index in [0.717, 1.165) is 12.8 Å². The fourth-order valence-electron chi connectivity index (χ4n) is 1.18. The smallest absolute Gasteiger partial charge is 0.145 e. The van der Waals surface area contributed by atoms with E-state index in [0.29, 0.717) is 6.61 Å². The van der Waals surface area contributed by atoms with Gasteiger partial charge in [-0.2, -0.15) is 5.11 Å². The predicted octanol–water partition coefficient (Wildman–Crippen LogP) is 1.09. The third kappa shape index (κ3) is 2.73. The van der Waals surface area contributed by atoms with Crippen molar-refractivity contribution >= 4 is 0 Å². The number of hydrogen-bond acceptors (Lipinski definition) is 3. The lowest BCUT2D eigenvalue weighted by atomic mass is 10.1. The van der Waals surface area contributed by atoms with Gasteiger partial charge in [-0.05, 0) is 12.8 Å². The number of nitrogens with zero attached hydrogens (tertiary/aromatic N) is 2. The van der Waals surface area contributed by atoms with E-state index in [1.807, 2.05) is 0 Å². The van der Waals surface area contributed by atoms with Crippen LogP contribution in [-0.2, 0) is 4.74 Å². The molecular formula is C7H14FN3O. The van der Waals surface area contributed by atoms with Gasteiger partial charge in [0.25, 0.3) is 0 Å². The molecule has 5 heteroatoms. The molecule has 0 aromatic heterocycles. The lowest BCUT2D eigenvalue weighted by molar-refractivity contribution is 0.0875. The second-order valence-electron chi connectivity index (χ2n) is 2.77. The molecule has 4 nitrogen and oxygen atoms in total. The largest absolute Gasteiger partial charge is 0.378 e. The van der Waals surface area contributed by atoms with Crippen LogP contribution in [0.3, 0.4) is 0 Å². The summed E-state index contributed by atoms with van der Waals surface area (Å²) in [6.07, 6.45) is 0.648. The van der Waals surface area contributed by atoms with Gasteiger partial charge >= 0.3 is 0 Å². The summed E-state index contributed by atoms with van der Waals surface area (Å²) in [6.45, 7) is 0.804. The number of nitrogens with one attached hydrogen (secondary N) is 1. The van der Waals surface area contributed by atoms with E-state index in [4.69, 9.17) is 4.74 Å². The molecule has 12 heavy (non-hydrogen) atoms. The maximum atomic E-state index is 13.1. The maximum Gasteiger partial charge on any atom is 0.145 e. The van der Waals surface area contributed by atoms with Crippen molar-refractivity contribution < 1.29 is 9.13 Å². The molecule has 1 fully saturated rings. The Hall–Kier alpha value is -0.710. The van der Waals surface area contributed by atoms with Gasteiger partial charge in [0.1, 0.15) is 6.17 Å². The number of rotatable bonds is 2. The molecule has 2 unspecified atom stereocenters. The van der Waals surface area contributed by atoms with Gasteiger partial charge in [0.05, 0.1) is 19.7 Å². The van der Waals surface area contributed by atoms with Crippen molar-refractivity contribution in [3.05, 3.63) is 0 Å². The summed E-state index contributed by atoms with van der Waals surface area (Å²) in [6, 6.07) is -0.240. The minimum Gasteiger partial charge on any atom is -0.378 e. The Morgan fingerprint density at radius 1 is 1.58 bits per heavy atom. The van der Waals surface area contributed by atoms with Crippen molar-refractivity contribution in [3.8, 4) is 0 Å². The SMILES string of the molecule is CN=NNC1CCCOCC1F. The van der Waals surface area contributed by atoms with Crippen LogP contribution in [0.15, 0.2) is 10.3 Å². The van der Waals surface area contributed by atoms with Crippen molar-refractivity contribution in [2.75, 3.05) is 20.3 Å². The molecule has 0 aliphatic carbocycles. The normalized spacial score (nSPS) is 31.8. The van der Waals surface area contributed by atoms with Gasteiger partial charge < -0.3 is 4.74 Å². The van der Waals surface area contributed by atoms with E-state index in [1.54, 1.807) is 7.05 Å². The molecular weight excluding hydrogens is 161 g/mol. The predicted molar refractivity (Wildman–Crippen MR) is 42.7 cm³/mol. The van der Waals surface area contributed by atoms with Gasteiger partial charge in [-0.15, -0.1) is 0 Å². The fraction of sp³-hybridized carbons (Fsp3) is 1.00. The van der Waals surface area contributed by atoms with Crippen LogP contribution in [0.4, 0.5) is 4.39 Å². The molecule has 2 atom stereocenters. The lowest BCUT2D eigenvalue weighted by Gasteiger charge is -2.15. The van der Waals surface area contributed by atoms with Crippen LogP contribution in [0.1, 0.15) is 12.8 Å². The zero-order valence-electron chi connectivity index (χ0n) is 7.16. The van der Waals surface area contributed by atoms with Gasteiger partial charge in [-0.1, -0.05) is 5.22 Å². The number of halogens is 1. The molecule has 0 aromatic carbocycles. The van der Waals surface area contributed by atoms with Crippen LogP contribution >= 0.6 is 0 Å². The van der Waals surface area contributed by atoms with Crippen molar-refractivity contribution in [1.29, 1.82) is 0 Å². The Morgan fingerprint density at radius 3 is 3.17 bits per heavy atom. The highest BCUT2D eigenvalue weighted by atomic mass is 19.1. The van der Waals surface area contributed by atoms with Crippen LogP contribution in [0.2, 0.25) is 0 Å². The average molecular weight is 175 g/mol. The van der Waals surface area contributed by atoms with Crippen molar-refractivity contribution in [1.82, 2.24) is 5.43 Å². The molecule has 1 heterocycles. The molecule has 1 saturated heterocycles. The third-order valence-electron chi connectivity index (χ3n) is 1.84. The quantitative estimate of drug-likeness (QED) is 0.504. The minimum atomic E-state index is -0.974. The zero-order chi connectivity index (χ0) is 8.81. The highest BCUT2D eigenvalue weighted by Crippen LogP contribution is 2.11. The van der Waals surface area contributed by atoms with Gasteiger partial charge in [-0.25, -0.2) is 4.39 Å². The second kappa shape index (κ2) is 5.03. The minimum absolute atomic E-state index is 0.164. The van der Waals surface area contributed by atoms with Crippen molar-refractivity contribution in [2.24, 2.45) is 10.3 Å². The van der Waals surface area contributed by atoms with Gasteiger partial charge in [0, 0.05) is 6.61 Å². The van der Waals surface area contributed by atoms with E-state index < -0.39 is 6.17 Å². The lowest BCUT2D eigenvalue weighted by Crippen LogP contribution is -2.35. The first kappa shape index (κ1) is 9.38. The zero-order valence-corrected chi connectivity index (χ0v) is 7.16.